The summed E-state index contributed by atoms with van der Waals surface area (Å²) in [6, 6.07) is -0.834. The lowest BCUT2D eigenvalue weighted by molar-refractivity contribution is -0.150. The first-order chi connectivity index (χ1) is 11.5. The first-order valence-corrected chi connectivity index (χ1v) is 8.50. The molecule has 0 saturated carbocycles. The largest absolute Gasteiger partial charge is 0.477 e. The third-order valence-electron chi connectivity index (χ3n) is 3.35. The number of amides is 2. The van der Waals surface area contributed by atoms with Gasteiger partial charge in [-0.1, -0.05) is 9.64 Å². The predicted octanol–water partition coefficient (Wildman–Crippen LogP) is -0.743. The van der Waals surface area contributed by atoms with Gasteiger partial charge in [0.2, 0.25) is 0 Å². The Morgan fingerprint density at radius 2 is 2.33 bits per heavy atom. The van der Waals surface area contributed by atoms with Crippen molar-refractivity contribution in [1.82, 2.24) is 19.8 Å². The number of nitrogens with one attached hydrogen (secondary N) is 1. The van der Waals surface area contributed by atoms with Gasteiger partial charge in [0.25, 0.3) is 11.8 Å². The van der Waals surface area contributed by atoms with E-state index in [1.807, 2.05) is 0 Å². The highest BCUT2D eigenvalue weighted by Gasteiger charge is 2.53. The standard InChI is InChI=1S/C12H11N5O5S2/c1-22-15-7(5-4-24-16-14-5)9(18)13-8-10(19)17-6(12(20)21)2-3-23-11(8)17/h2,4,8,11H,3H2,1H3,(H,13,18)(H,20,21)/t8?,11-/m0/s1. The Kier molecular flexibility index (Phi) is 4.49. The van der Waals surface area contributed by atoms with Crippen molar-refractivity contribution in [2.45, 2.75) is 11.4 Å². The number of aromatic nitrogens is 2. The second kappa shape index (κ2) is 6.57. The van der Waals surface area contributed by atoms with Crippen LogP contribution in [0.3, 0.4) is 0 Å². The molecule has 3 heterocycles. The highest BCUT2D eigenvalue weighted by molar-refractivity contribution is 8.00. The van der Waals surface area contributed by atoms with Gasteiger partial charge in [-0.05, 0) is 17.6 Å². The SMILES string of the molecule is CON=C(C(=O)NC1C(=O)N2C(C(=O)O)=CCS[C@@H]12)c1csnn1. The number of hydrogen-bond donors (Lipinski definition) is 2. The van der Waals surface area contributed by atoms with Crippen molar-refractivity contribution >= 4 is 46.8 Å². The van der Waals surface area contributed by atoms with E-state index in [4.69, 9.17) is 5.11 Å². The van der Waals surface area contributed by atoms with Gasteiger partial charge in [-0.3, -0.25) is 14.5 Å². The van der Waals surface area contributed by atoms with Gasteiger partial charge in [0.05, 0.1) is 0 Å². The summed E-state index contributed by atoms with van der Waals surface area (Å²) in [7, 11) is 1.28. The molecular formula is C12H11N5O5S2. The van der Waals surface area contributed by atoms with Gasteiger partial charge in [0.15, 0.2) is 5.71 Å². The van der Waals surface area contributed by atoms with Crippen LogP contribution in [0.2, 0.25) is 0 Å². The van der Waals surface area contributed by atoms with Gasteiger partial charge in [0, 0.05) is 11.1 Å². The van der Waals surface area contributed by atoms with E-state index in [2.05, 4.69) is 24.9 Å². The van der Waals surface area contributed by atoms with Crippen LogP contribution in [0.1, 0.15) is 5.69 Å². The van der Waals surface area contributed by atoms with Crippen molar-refractivity contribution < 1.29 is 24.3 Å². The molecule has 10 nitrogen and oxygen atoms in total. The van der Waals surface area contributed by atoms with Crippen LogP contribution < -0.4 is 5.32 Å². The average Bonchev–Trinajstić information content (AvgIpc) is 3.10. The maximum absolute atomic E-state index is 12.4. The molecular weight excluding hydrogens is 358 g/mol. The topological polar surface area (TPSA) is 134 Å². The van der Waals surface area contributed by atoms with Crippen molar-refractivity contribution in [1.29, 1.82) is 0 Å². The van der Waals surface area contributed by atoms with E-state index in [0.29, 0.717) is 5.75 Å². The minimum Gasteiger partial charge on any atom is -0.477 e. The second-order valence-electron chi connectivity index (χ2n) is 4.69. The average molecular weight is 369 g/mol. The molecule has 2 amide bonds. The molecule has 3 rings (SSSR count). The van der Waals surface area contributed by atoms with Crippen LogP contribution in [-0.4, -0.2) is 67.4 Å². The number of carboxylic acid groups (broad SMARTS) is 1. The Morgan fingerprint density at radius 3 is 2.96 bits per heavy atom. The van der Waals surface area contributed by atoms with Crippen molar-refractivity contribution in [2.24, 2.45) is 5.16 Å². The first-order valence-electron chi connectivity index (χ1n) is 6.62. The Morgan fingerprint density at radius 1 is 1.54 bits per heavy atom. The number of rotatable bonds is 5. The molecule has 0 spiro atoms. The van der Waals surface area contributed by atoms with Gasteiger partial charge in [0.1, 0.15) is 29.9 Å². The van der Waals surface area contributed by atoms with Crippen LogP contribution in [0.15, 0.2) is 22.3 Å². The maximum atomic E-state index is 12.4. The lowest BCUT2D eigenvalue weighted by Gasteiger charge is -2.48. The van der Waals surface area contributed by atoms with Crippen LogP contribution in [0.5, 0.6) is 0 Å². The number of carboxylic acids is 1. The number of aliphatic carboxylic acids is 1. The summed E-state index contributed by atoms with van der Waals surface area (Å²) >= 11 is 2.41. The number of thioether (sulfide) groups is 1. The zero-order chi connectivity index (χ0) is 17.3. The number of carbonyl (C=O) groups is 3. The highest BCUT2D eigenvalue weighted by Crippen LogP contribution is 2.37. The van der Waals surface area contributed by atoms with E-state index >= 15 is 0 Å². The van der Waals surface area contributed by atoms with Crippen molar-refractivity contribution in [3.8, 4) is 0 Å². The molecule has 0 radical (unpaired) electrons. The summed E-state index contributed by atoms with van der Waals surface area (Å²) in [6.07, 6.45) is 1.47. The summed E-state index contributed by atoms with van der Waals surface area (Å²) in [5.41, 5.74) is 0.0569. The molecule has 0 aromatic carbocycles. The molecule has 2 N–H and O–H groups in total. The summed E-state index contributed by atoms with van der Waals surface area (Å²) in [5.74, 6) is -1.86. The van der Waals surface area contributed by atoms with Gasteiger partial charge in [-0.15, -0.1) is 16.9 Å². The molecule has 0 bridgehead atoms. The third-order valence-corrected chi connectivity index (χ3v) is 5.04. The van der Waals surface area contributed by atoms with E-state index < -0.39 is 29.2 Å². The van der Waals surface area contributed by atoms with Crippen LogP contribution in [0.25, 0.3) is 0 Å². The number of carbonyl (C=O) groups excluding carboxylic acids is 2. The van der Waals surface area contributed by atoms with Crippen LogP contribution >= 0.6 is 23.3 Å². The molecule has 1 aromatic heterocycles. The molecule has 24 heavy (non-hydrogen) atoms. The Labute approximate surface area is 143 Å². The smallest absolute Gasteiger partial charge is 0.352 e. The number of fused-ring (bicyclic) bond motifs is 1. The lowest BCUT2D eigenvalue weighted by atomic mass is 10.0. The van der Waals surface area contributed by atoms with Gasteiger partial charge >= 0.3 is 5.97 Å². The van der Waals surface area contributed by atoms with Crippen molar-refractivity contribution in [2.75, 3.05) is 12.9 Å². The Bertz CT molecular complexity index is 747. The van der Waals surface area contributed by atoms with Gasteiger partial charge < -0.3 is 15.3 Å². The lowest BCUT2D eigenvalue weighted by Crippen LogP contribution is -2.70. The van der Waals surface area contributed by atoms with Crippen LogP contribution in [-0.2, 0) is 19.2 Å². The minimum atomic E-state index is -1.17. The minimum absolute atomic E-state index is 0.0660. The maximum Gasteiger partial charge on any atom is 0.352 e. The molecule has 12 heteroatoms. The van der Waals surface area contributed by atoms with E-state index in [1.54, 1.807) is 0 Å². The number of hydrogen-bond acceptors (Lipinski definition) is 9. The van der Waals surface area contributed by atoms with E-state index in [1.165, 1.54) is 35.2 Å². The normalized spacial score (nSPS) is 23.0. The molecule has 1 fully saturated rings. The molecule has 1 saturated heterocycles. The second-order valence-corrected chi connectivity index (χ2v) is 6.45. The van der Waals surface area contributed by atoms with Gasteiger partial charge in [-0.2, -0.15) is 0 Å². The molecule has 2 atom stereocenters. The summed E-state index contributed by atoms with van der Waals surface area (Å²) < 4.78 is 3.65. The number of nitrogens with zero attached hydrogens (tertiary/aromatic N) is 4. The molecule has 126 valence electrons. The van der Waals surface area contributed by atoms with Crippen molar-refractivity contribution in [3.05, 3.63) is 22.8 Å². The Hall–Kier alpha value is -2.47. The fraction of sp³-hybridized carbons (Fsp3) is 0.333. The monoisotopic (exact) mass is 369 g/mol. The summed E-state index contributed by atoms with van der Waals surface area (Å²) in [6.45, 7) is 0. The van der Waals surface area contributed by atoms with Crippen LogP contribution in [0.4, 0.5) is 0 Å². The molecule has 1 unspecified atom stereocenters. The highest BCUT2D eigenvalue weighted by atomic mass is 32.2. The zero-order valence-corrected chi connectivity index (χ0v) is 13.8. The third kappa shape index (κ3) is 2.73. The van der Waals surface area contributed by atoms with E-state index in [9.17, 15) is 14.4 Å². The molecule has 0 aliphatic carbocycles. The molecule has 2 aliphatic rings. The Balaban J connectivity index is 1.74. The van der Waals surface area contributed by atoms with E-state index in [-0.39, 0.29) is 17.1 Å². The quantitative estimate of drug-likeness (QED) is 0.394. The fourth-order valence-corrected chi connectivity index (χ4v) is 3.95. The number of oxime groups is 1. The summed E-state index contributed by atoms with van der Waals surface area (Å²) in [4.78, 5) is 41.5. The zero-order valence-electron chi connectivity index (χ0n) is 12.2. The summed E-state index contributed by atoms with van der Waals surface area (Å²) in [5, 5.41) is 20.1. The fourth-order valence-electron chi connectivity index (χ4n) is 2.31. The van der Waals surface area contributed by atoms with Gasteiger partial charge in [-0.25, -0.2) is 4.79 Å². The first kappa shape index (κ1) is 16.4. The van der Waals surface area contributed by atoms with Crippen LogP contribution in [0, 0.1) is 0 Å². The molecule has 1 aromatic rings. The number of β-lactam (4-membered cyclic amide) rings is 1. The van der Waals surface area contributed by atoms with Crippen molar-refractivity contribution in [3.63, 3.8) is 0 Å². The predicted molar refractivity (Wildman–Crippen MR) is 84.2 cm³/mol. The van der Waals surface area contributed by atoms with E-state index in [0.717, 1.165) is 11.5 Å². The molecule has 2 aliphatic heterocycles.